The van der Waals surface area contributed by atoms with Crippen LogP contribution in [0.2, 0.25) is 0 Å². The van der Waals surface area contributed by atoms with E-state index >= 15 is 0 Å². The first-order valence-corrected chi connectivity index (χ1v) is 10.3. The van der Waals surface area contributed by atoms with E-state index in [1.807, 2.05) is 43.3 Å². The fraction of sp³-hybridized carbons (Fsp3) is 0.0357. The summed E-state index contributed by atoms with van der Waals surface area (Å²) in [6.45, 7) is 1.84. The third kappa shape index (κ3) is 3.13. The number of aryl methyl sites for hydroxylation is 1. The normalized spacial score (nSPS) is 12.7. The predicted octanol–water partition coefficient (Wildman–Crippen LogP) is 4.06. The fourth-order valence-corrected chi connectivity index (χ4v) is 4.14. The van der Waals surface area contributed by atoms with Crippen molar-refractivity contribution in [1.29, 1.82) is 0 Å². The minimum atomic E-state index is -0.393. The van der Waals surface area contributed by atoms with Crippen LogP contribution in [0.5, 0.6) is 0 Å². The number of hydrogen-bond acceptors (Lipinski definition) is 3. The van der Waals surface area contributed by atoms with E-state index in [-0.39, 0.29) is 11.5 Å². The van der Waals surface area contributed by atoms with Gasteiger partial charge in [0.2, 0.25) is 0 Å². The first-order valence-electron chi connectivity index (χ1n) is 10.3. The van der Waals surface area contributed by atoms with Gasteiger partial charge in [-0.25, -0.2) is 0 Å². The van der Waals surface area contributed by atoms with Gasteiger partial charge in [0.15, 0.2) is 17.7 Å². The molecule has 4 nitrogen and oxygen atoms in total. The van der Waals surface area contributed by atoms with E-state index in [2.05, 4.69) is 0 Å². The molecular weight excluding hydrogens is 398 g/mol. The number of ketones is 2. The summed E-state index contributed by atoms with van der Waals surface area (Å²) in [6, 6.07) is 26.7. The molecule has 1 aliphatic rings. The summed E-state index contributed by atoms with van der Waals surface area (Å²) in [4.78, 5) is 26.6. The molecule has 0 radical (unpaired) electrons. The standard InChI is InChI=1S/C28H19NO3/c1-18-16-23-21-14-8-9-15-22(21)28(32)24(23)17-29(18)25(26(30)19-10-4-2-5-11-19)27(31)20-12-6-3-7-13-20/h2-17H,1H3. The van der Waals surface area contributed by atoms with Gasteiger partial charge in [-0.3, -0.25) is 9.59 Å². The highest BCUT2D eigenvalue weighted by Crippen LogP contribution is 2.36. The van der Waals surface area contributed by atoms with Crippen LogP contribution in [0.1, 0.15) is 37.5 Å². The molecule has 0 spiro atoms. The lowest BCUT2D eigenvalue weighted by Crippen LogP contribution is -2.42. The van der Waals surface area contributed by atoms with E-state index in [1.54, 1.807) is 65.4 Å². The Hall–Kier alpha value is -4.31. The highest BCUT2D eigenvalue weighted by atomic mass is 16.3. The Kier molecular flexibility index (Phi) is 4.75. The van der Waals surface area contributed by atoms with Crippen molar-refractivity contribution in [2.45, 2.75) is 6.92 Å². The Morgan fingerprint density at radius 1 is 0.719 bits per heavy atom. The van der Waals surface area contributed by atoms with Crippen LogP contribution in [-0.4, -0.2) is 11.6 Å². The SMILES string of the molecule is Cc1cc2c(c[n+]1/C(C(=O)c1ccccc1)=C(\[O-])c1ccccc1)C(=O)c1ccccc1-2. The second kappa shape index (κ2) is 7.75. The monoisotopic (exact) mass is 417 g/mol. The van der Waals surface area contributed by atoms with E-state index in [4.69, 9.17) is 0 Å². The molecule has 4 aromatic rings. The lowest BCUT2D eigenvalue weighted by molar-refractivity contribution is -0.585. The largest absolute Gasteiger partial charge is 0.867 e. The number of carbonyl (C=O) groups is 2. The van der Waals surface area contributed by atoms with Gasteiger partial charge >= 0.3 is 0 Å². The molecular formula is C28H19NO3. The Labute approximate surface area is 185 Å². The van der Waals surface area contributed by atoms with Crippen LogP contribution in [0.15, 0.2) is 97.2 Å². The van der Waals surface area contributed by atoms with Crippen LogP contribution in [0.25, 0.3) is 22.6 Å². The van der Waals surface area contributed by atoms with Crippen LogP contribution in [0, 0.1) is 6.92 Å². The van der Waals surface area contributed by atoms with Gasteiger partial charge in [0, 0.05) is 29.7 Å². The predicted molar refractivity (Wildman–Crippen MR) is 121 cm³/mol. The highest BCUT2D eigenvalue weighted by Gasteiger charge is 2.33. The zero-order valence-electron chi connectivity index (χ0n) is 17.4. The third-order valence-electron chi connectivity index (χ3n) is 5.73. The second-order valence-corrected chi connectivity index (χ2v) is 7.73. The smallest absolute Gasteiger partial charge is 0.256 e. The third-order valence-corrected chi connectivity index (χ3v) is 5.73. The van der Waals surface area contributed by atoms with Crippen molar-refractivity contribution >= 4 is 23.0 Å². The van der Waals surface area contributed by atoms with Gasteiger partial charge in [0.1, 0.15) is 0 Å². The molecule has 0 amide bonds. The minimum absolute atomic E-state index is 0.00791. The molecule has 0 saturated carbocycles. The summed E-state index contributed by atoms with van der Waals surface area (Å²) in [6.07, 6.45) is 1.63. The highest BCUT2D eigenvalue weighted by molar-refractivity contribution is 6.26. The van der Waals surface area contributed by atoms with Crippen molar-refractivity contribution in [2.75, 3.05) is 0 Å². The molecule has 3 aromatic carbocycles. The van der Waals surface area contributed by atoms with Crippen LogP contribution in [0.3, 0.4) is 0 Å². The topological polar surface area (TPSA) is 61.1 Å². The van der Waals surface area contributed by atoms with Gasteiger partial charge in [-0.05, 0) is 16.9 Å². The molecule has 5 rings (SSSR count). The molecule has 0 N–H and O–H groups in total. The molecule has 0 unspecified atom stereocenters. The van der Waals surface area contributed by atoms with Crippen molar-refractivity contribution in [3.05, 3.63) is 125 Å². The number of rotatable bonds is 4. The lowest BCUT2D eigenvalue weighted by atomic mass is 10.0. The number of Topliss-reactive ketones (excluding diaryl/α,β-unsaturated/α-hetero) is 1. The first-order chi connectivity index (χ1) is 15.6. The summed E-state index contributed by atoms with van der Waals surface area (Å²) in [5.41, 5.74) is 4.30. The average Bonchev–Trinajstić information content (AvgIpc) is 3.11. The molecule has 154 valence electrons. The lowest BCUT2D eigenvalue weighted by Gasteiger charge is -2.16. The zero-order valence-corrected chi connectivity index (χ0v) is 17.4. The molecule has 0 aliphatic heterocycles. The Morgan fingerprint density at radius 3 is 1.94 bits per heavy atom. The summed E-state index contributed by atoms with van der Waals surface area (Å²) in [5, 5.41) is 13.5. The molecule has 4 heteroatoms. The average molecular weight is 417 g/mol. The van der Waals surface area contributed by atoms with Crippen LogP contribution < -0.4 is 9.67 Å². The maximum absolute atomic E-state index is 13.5. The van der Waals surface area contributed by atoms with Crippen molar-refractivity contribution < 1.29 is 19.3 Å². The number of fused-ring (bicyclic) bond motifs is 3. The fourth-order valence-electron chi connectivity index (χ4n) is 4.14. The summed E-state index contributed by atoms with van der Waals surface area (Å²) >= 11 is 0. The number of aromatic nitrogens is 1. The number of nitrogens with zero attached hydrogens (tertiary/aromatic N) is 1. The van der Waals surface area contributed by atoms with Gasteiger partial charge < -0.3 is 5.11 Å². The molecule has 0 bridgehead atoms. The molecule has 0 saturated heterocycles. The minimum Gasteiger partial charge on any atom is -0.867 e. The number of allylic oxidation sites excluding steroid dienone is 1. The van der Waals surface area contributed by atoms with Gasteiger partial charge in [-0.2, -0.15) is 4.57 Å². The van der Waals surface area contributed by atoms with E-state index in [0.717, 1.165) is 11.1 Å². The first kappa shape index (κ1) is 19.6. The maximum atomic E-state index is 13.5. The van der Waals surface area contributed by atoms with Crippen molar-refractivity contribution in [1.82, 2.24) is 0 Å². The number of benzene rings is 3. The molecule has 1 aromatic heterocycles. The van der Waals surface area contributed by atoms with Crippen molar-refractivity contribution in [3.63, 3.8) is 0 Å². The summed E-state index contributed by atoms with van der Waals surface area (Å²) in [5.74, 6) is -0.894. The molecule has 0 atom stereocenters. The van der Waals surface area contributed by atoms with Gasteiger partial charge in [-0.15, -0.1) is 0 Å². The van der Waals surface area contributed by atoms with E-state index in [9.17, 15) is 14.7 Å². The molecule has 0 fully saturated rings. The maximum Gasteiger partial charge on any atom is 0.256 e. The number of hydrogen-bond donors (Lipinski definition) is 0. The van der Waals surface area contributed by atoms with Crippen LogP contribution in [0.4, 0.5) is 0 Å². The Morgan fingerprint density at radius 2 is 1.28 bits per heavy atom. The van der Waals surface area contributed by atoms with Gasteiger partial charge in [0.25, 0.3) is 11.5 Å². The Bertz CT molecular complexity index is 1400. The van der Waals surface area contributed by atoms with Gasteiger partial charge in [0.05, 0.1) is 5.56 Å². The molecule has 1 heterocycles. The van der Waals surface area contributed by atoms with Gasteiger partial charge in [-0.1, -0.05) is 84.9 Å². The van der Waals surface area contributed by atoms with Crippen LogP contribution >= 0.6 is 0 Å². The molecule has 1 aliphatic carbocycles. The second-order valence-electron chi connectivity index (χ2n) is 7.73. The van der Waals surface area contributed by atoms with E-state index < -0.39 is 11.5 Å². The van der Waals surface area contributed by atoms with E-state index in [0.29, 0.717) is 27.9 Å². The number of carbonyl (C=O) groups excluding carboxylic acids is 2. The number of pyridine rings is 1. The van der Waals surface area contributed by atoms with Crippen LogP contribution in [-0.2, 0) is 0 Å². The summed E-state index contributed by atoms with van der Waals surface area (Å²) in [7, 11) is 0. The zero-order chi connectivity index (χ0) is 22.2. The molecule has 32 heavy (non-hydrogen) atoms. The summed E-state index contributed by atoms with van der Waals surface area (Å²) < 4.78 is 1.56. The Balaban J connectivity index is 1.75. The quantitative estimate of drug-likeness (QED) is 0.192. The van der Waals surface area contributed by atoms with Crippen molar-refractivity contribution in [2.24, 2.45) is 0 Å². The van der Waals surface area contributed by atoms with Crippen molar-refractivity contribution in [3.8, 4) is 11.1 Å². The van der Waals surface area contributed by atoms with E-state index in [1.165, 1.54) is 0 Å².